The van der Waals surface area contributed by atoms with Crippen LogP contribution in [0.5, 0.6) is 11.5 Å². The van der Waals surface area contributed by atoms with Gasteiger partial charge < -0.3 is 9.15 Å². The van der Waals surface area contributed by atoms with Crippen LogP contribution in [-0.2, 0) is 5.41 Å². The largest absolute Gasteiger partial charge is 0.457 e. The molecule has 0 radical (unpaired) electrons. The van der Waals surface area contributed by atoms with Crippen molar-refractivity contribution in [3.63, 3.8) is 0 Å². The standard InChI is InChI=1S/C49H32O2/c1-3-15-35(16-4-1)49(36-17-5-2-6-18-36)43-24-11-12-25-47(43)51-48-32-34(27-29-44(48)49)45-30-31-46(50-45)42-21-10-9-20-40(42)39-23-13-22-38-37-19-8-7-14-33(37)26-28-41(38)39/h1-32H. The van der Waals surface area contributed by atoms with Crippen LogP contribution in [0.2, 0.25) is 0 Å². The van der Waals surface area contributed by atoms with Crippen molar-refractivity contribution in [2.45, 2.75) is 5.41 Å². The zero-order valence-electron chi connectivity index (χ0n) is 27.8. The zero-order chi connectivity index (χ0) is 33.8. The van der Waals surface area contributed by atoms with Crippen molar-refractivity contribution in [3.8, 4) is 45.3 Å². The molecule has 9 aromatic rings. The van der Waals surface area contributed by atoms with Crippen molar-refractivity contribution < 1.29 is 9.15 Å². The van der Waals surface area contributed by atoms with Gasteiger partial charge >= 0.3 is 0 Å². The predicted octanol–water partition coefficient (Wildman–Crippen LogP) is 13.1. The number of benzene rings is 8. The lowest BCUT2D eigenvalue weighted by Gasteiger charge is -2.41. The molecule has 2 nitrogen and oxygen atoms in total. The molecular weight excluding hydrogens is 621 g/mol. The number of furan rings is 1. The van der Waals surface area contributed by atoms with E-state index in [1.165, 1.54) is 38.2 Å². The fourth-order valence-electron chi connectivity index (χ4n) is 8.21. The fourth-order valence-corrected chi connectivity index (χ4v) is 8.21. The molecule has 0 unspecified atom stereocenters. The van der Waals surface area contributed by atoms with Crippen molar-refractivity contribution in [2.24, 2.45) is 0 Å². The summed E-state index contributed by atoms with van der Waals surface area (Å²) in [5.74, 6) is 3.29. The molecule has 240 valence electrons. The SMILES string of the molecule is c1ccc(C2(c3ccccc3)c3ccccc3Oc3cc(-c4ccc(-c5ccccc5-c5cccc6c5ccc5ccccc56)o4)ccc32)cc1. The molecule has 0 bridgehead atoms. The molecule has 1 aliphatic rings. The van der Waals surface area contributed by atoms with Crippen LogP contribution in [-0.4, -0.2) is 0 Å². The number of hydrogen-bond donors (Lipinski definition) is 0. The van der Waals surface area contributed by atoms with E-state index in [-0.39, 0.29) is 0 Å². The number of fused-ring (bicyclic) bond motifs is 5. The van der Waals surface area contributed by atoms with Gasteiger partial charge in [0.25, 0.3) is 0 Å². The van der Waals surface area contributed by atoms with Gasteiger partial charge in [0.2, 0.25) is 0 Å². The molecule has 0 aliphatic carbocycles. The number of ether oxygens (including phenoxy) is 1. The van der Waals surface area contributed by atoms with Crippen molar-refractivity contribution in [2.75, 3.05) is 0 Å². The van der Waals surface area contributed by atoms with Crippen LogP contribution < -0.4 is 4.74 Å². The Bertz CT molecular complexity index is 2680. The van der Waals surface area contributed by atoms with Gasteiger partial charge in [-0.25, -0.2) is 0 Å². The Balaban J connectivity index is 1.10. The van der Waals surface area contributed by atoms with Crippen LogP contribution in [0.15, 0.2) is 199 Å². The molecule has 0 saturated heterocycles. The summed E-state index contributed by atoms with van der Waals surface area (Å²) in [5, 5.41) is 4.98. The molecule has 1 aromatic heterocycles. The molecule has 0 saturated carbocycles. The van der Waals surface area contributed by atoms with Gasteiger partial charge in [0.05, 0.1) is 5.41 Å². The molecule has 0 fully saturated rings. The minimum atomic E-state index is -0.553. The van der Waals surface area contributed by atoms with Gasteiger partial charge in [0.1, 0.15) is 23.0 Å². The summed E-state index contributed by atoms with van der Waals surface area (Å²) in [6.07, 6.45) is 0. The third-order valence-corrected chi connectivity index (χ3v) is 10.5. The average Bonchev–Trinajstić information content (AvgIpc) is 3.71. The smallest absolute Gasteiger partial charge is 0.135 e. The quantitative estimate of drug-likeness (QED) is 0.173. The summed E-state index contributed by atoms with van der Waals surface area (Å²) in [5.41, 5.74) is 8.40. The second-order valence-corrected chi connectivity index (χ2v) is 13.2. The Morgan fingerprint density at radius 3 is 1.80 bits per heavy atom. The molecular formula is C49H32O2. The average molecular weight is 653 g/mol. The Kier molecular flexibility index (Phi) is 6.75. The van der Waals surface area contributed by atoms with E-state index in [9.17, 15) is 0 Å². The molecule has 0 atom stereocenters. The topological polar surface area (TPSA) is 22.4 Å². The van der Waals surface area contributed by atoms with Gasteiger partial charge in [-0.15, -0.1) is 0 Å². The monoisotopic (exact) mass is 652 g/mol. The van der Waals surface area contributed by atoms with Crippen LogP contribution in [0.1, 0.15) is 22.3 Å². The van der Waals surface area contributed by atoms with E-state index in [1.54, 1.807) is 0 Å². The Morgan fingerprint density at radius 2 is 0.980 bits per heavy atom. The Labute approximate surface area is 296 Å². The zero-order valence-corrected chi connectivity index (χ0v) is 27.8. The van der Waals surface area contributed by atoms with Crippen LogP contribution in [0.4, 0.5) is 0 Å². The Morgan fingerprint density at radius 1 is 0.353 bits per heavy atom. The van der Waals surface area contributed by atoms with Crippen molar-refractivity contribution >= 4 is 21.5 Å². The lowest BCUT2D eigenvalue weighted by atomic mass is 9.63. The third kappa shape index (κ3) is 4.57. The van der Waals surface area contributed by atoms with Gasteiger partial charge in [-0.2, -0.15) is 0 Å². The first-order chi connectivity index (χ1) is 25.3. The first-order valence-electron chi connectivity index (χ1n) is 17.4. The summed E-state index contributed by atoms with van der Waals surface area (Å²) >= 11 is 0. The van der Waals surface area contributed by atoms with E-state index < -0.39 is 5.41 Å². The molecule has 8 aromatic carbocycles. The summed E-state index contributed by atoms with van der Waals surface area (Å²) in [4.78, 5) is 0. The summed E-state index contributed by atoms with van der Waals surface area (Å²) < 4.78 is 13.5. The van der Waals surface area contributed by atoms with E-state index in [1.807, 2.05) is 6.07 Å². The van der Waals surface area contributed by atoms with E-state index >= 15 is 0 Å². The molecule has 0 amide bonds. The minimum Gasteiger partial charge on any atom is -0.457 e. The summed E-state index contributed by atoms with van der Waals surface area (Å²) in [6, 6.07) is 68.8. The highest BCUT2D eigenvalue weighted by molar-refractivity contribution is 6.12. The molecule has 2 heterocycles. The predicted molar refractivity (Wildman–Crippen MR) is 208 cm³/mol. The maximum atomic E-state index is 6.74. The molecule has 10 rings (SSSR count). The van der Waals surface area contributed by atoms with Crippen molar-refractivity contribution in [3.05, 3.63) is 216 Å². The van der Waals surface area contributed by atoms with E-state index in [4.69, 9.17) is 9.15 Å². The fraction of sp³-hybridized carbons (Fsp3) is 0.0204. The summed E-state index contributed by atoms with van der Waals surface area (Å²) in [6.45, 7) is 0. The van der Waals surface area contributed by atoms with Crippen LogP contribution in [0.25, 0.3) is 55.3 Å². The third-order valence-electron chi connectivity index (χ3n) is 10.5. The molecule has 0 N–H and O–H groups in total. The number of hydrogen-bond acceptors (Lipinski definition) is 2. The maximum absolute atomic E-state index is 6.74. The normalized spacial score (nSPS) is 13.0. The Hall–Kier alpha value is -6.64. The summed E-state index contributed by atoms with van der Waals surface area (Å²) in [7, 11) is 0. The van der Waals surface area contributed by atoms with Crippen LogP contribution >= 0.6 is 0 Å². The molecule has 0 spiro atoms. The van der Waals surface area contributed by atoms with Crippen molar-refractivity contribution in [1.82, 2.24) is 0 Å². The molecule has 1 aliphatic heterocycles. The van der Waals surface area contributed by atoms with Crippen molar-refractivity contribution in [1.29, 1.82) is 0 Å². The first kappa shape index (κ1) is 29.3. The van der Waals surface area contributed by atoms with Crippen LogP contribution in [0, 0.1) is 0 Å². The van der Waals surface area contributed by atoms with E-state index in [0.29, 0.717) is 0 Å². The highest BCUT2D eigenvalue weighted by Gasteiger charge is 2.45. The number of rotatable bonds is 5. The highest BCUT2D eigenvalue weighted by atomic mass is 16.5. The van der Waals surface area contributed by atoms with Gasteiger partial charge in [0.15, 0.2) is 0 Å². The van der Waals surface area contributed by atoms with Gasteiger partial charge in [-0.3, -0.25) is 0 Å². The first-order valence-corrected chi connectivity index (χ1v) is 17.4. The van der Waals surface area contributed by atoms with Gasteiger partial charge in [0, 0.05) is 22.3 Å². The lowest BCUT2D eigenvalue weighted by molar-refractivity contribution is 0.434. The van der Waals surface area contributed by atoms with E-state index in [2.05, 4.69) is 188 Å². The molecule has 2 heteroatoms. The number of para-hydroxylation sites is 1. The highest BCUT2D eigenvalue weighted by Crippen LogP contribution is 2.55. The second-order valence-electron chi connectivity index (χ2n) is 13.2. The maximum Gasteiger partial charge on any atom is 0.135 e. The second kappa shape index (κ2) is 11.8. The lowest BCUT2D eigenvalue weighted by Crippen LogP contribution is -2.34. The van der Waals surface area contributed by atoms with Crippen LogP contribution in [0.3, 0.4) is 0 Å². The van der Waals surface area contributed by atoms with Gasteiger partial charge in [-0.05, 0) is 68.1 Å². The van der Waals surface area contributed by atoms with E-state index in [0.717, 1.165) is 50.8 Å². The van der Waals surface area contributed by atoms with Gasteiger partial charge in [-0.1, -0.05) is 170 Å². The molecule has 51 heavy (non-hydrogen) atoms. The minimum absolute atomic E-state index is 0.553.